The van der Waals surface area contributed by atoms with E-state index < -0.39 is 0 Å². The zero-order chi connectivity index (χ0) is 33.0. The third-order valence-corrected chi connectivity index (χ3v) is 8.74. The Kier molecular flexibility index (Phi) is 8.49. The molecule has 4 aromatic heterocycles. The van der Waals surface area contributed by atoms with Crippen LogP contribution in [0.15, 0.2) is 91.6 Å². The molecular weight excluding hydrogens is 602 g/mol. The molecule has 2 N–H and O–H groups in total. The third kappa shape index (κ3) is 6.57. The van der Waals surface area contributed by atoms with Crippen LogP contribution in [-0.2, 0) is 20.6 Å². The number of benzene rings is 2. The summed E-state index contributed by atoms with van der Waals surface area (Å²) in [6.07, 6.45) is 12.2. The first-order valence-corrected chi connectivity index (χ1v) is 16.0. The fourth-order valence-corrected chi connectivity index (χ4v) is 6.29. The van der Waals surface area contributed by atoms with E-state index in [-0.39, 0.29) is 18.1 Å². The molecule has 2 aromatic carbocycles. The summed E-state index contributed by atoms with van der Waals surface area (Å²) in [5.41, 5.74) is 5.55. The summed E-state index contributed by atoms with van der Waals surface area (Å²) in [5, 5.41) is 26.2. The highest BCUT2D eigenvalue weighted by atomic mass is 16.2. The minimum Gasteiger partial charge on any atom is -0.351 e. The van der Waals surface area contributed by atoms with Gasteiger partial charge < -0.3 is 10.6 Å². The number of nitriles is 1. The van der Waals surface area contributed by atoms with Crippen molar-refractivity contribution in [1.82, 2.24) is 39.8 Å². The number of hydrogen-bond acceptors (Lipinski definition) is 8. The Labute approximate surface area is 278 Å². The topological polar surface area (TPSA) is 142 Å². The van der Waals surface area contributed by atoms with Gasteiger partial charge in [-0.1, -0.05) is 42.5 Å². The van der Waals surface area contributed by atoms with Crippen molar-refractivity contribution in [1.29, 1.82) is 5.26 Å². The quantitative estimate of drug-likeness (QED) is 0.212. The molecule has 12 heteroatoms. The molecule has 1 saturated carbocycles. The van der Waals surface area contributed by atoms with Gasteiger partial charge >= 0.3 is 6.03 Å². The van der Waals surface area contributed by atoms with Gasteiger partial charge in [-0.15, -0.1) is 0 Å². The molecule has 2 amide bonds. The van der Waals surface area contributed by atoms with Gasteiger partial charge in [-0.25, -0.2) is 19.7 Å². The molecule has 48 heavy (non-hydrogen) atoms. The van der Waals surface area contributed by atoms with E-state index in [0.717, 1.165) is 58.8 Å². The minimum absolute atomic E-state index is 0.0434. The molecular formula is C36H35N11O. The van der Waals surface area contributed by atoms with E-state index in [1.165, 1.54) is 0 Å². The highest BCUT2D eigenvalue weighted by Gasteiger charge is 2.31. The summed E-state index contributed by atoms with van der Waals surface area (Å²) >= 11 is 0. The number of anilines is 2. The monoisotopic (exact) mass is 637 g/mol. The number of urea groups is 1. The lowest BCUT2D eigenvalue weighted by Crippen LogP contribution is -2.49. The first-order valence-electron chi connectivity index (χ1n) is 16.0. The van der Waals surface area contributed by atoms with E-state index >= 15 is 0 Å². The molecule has 0 unspecified atom stereocenters. The predicted octanol–water partition coefficient (Wildman–Crippen LogP) is 5.84. The van der Waals surface area contributed by atoms with Crippen molar-refractivity contribution in [2.45, 2.75) is 44.3 Å². The smallest absolute Gasteiger partial charge is 0.323 e. The van der Waals surface area contributed by atoms with Crippen molar-refractivity contribution < 1.29 is 4.79 Å². The average molecular weight is 638 g/mol. The molecule has 1 aliphatic rings. The van der Waals surface area contributed by atoms with Gasteiger partial charge in [0.2, 0.25) is 5.95 Å². The molecule has 6 aromatic rings. The van der Waals surface area contributed by atoms with Gasteiger partial charge in [0.1, 0.15) is 11.9 Å². The summed E-state index contributed by atoms with van der Waals surface area (Å²) in [7, 11) is 3.76. The Hall–Kier alpha value is -6.09. The zero-order valence-corrected chi connectivity index (χ0v) is 26.8. The molecule has 0 radical (unpaired) electrons. The average Bonchev–Trinajstić information content (AvgIpc) is 3.73. The fraction of sp³-hybridized carbons (Fsp3) is 0.250. The summed E-state index contributed by atoms with van der Waals surface area (Å²) in [6.45, 7) is 0.423. The van der Waals surface area contributed by atoms with Crippen molar-refractivity contribution in [3.8, 4) is 28.5 Å². The van der Waals surface area contributed by atoms with Crippen LogP contribution >= 0.6 is 0 Å². The predicted molar refractivity (Wildman–Crippen MR) is 184 cm³/mol. The number of fused-ring (bicyclic) bond motifs is 1. The van der Waals surface area contributed by atoms with Crippen molar-refractivity contribution in [2.75, 3.05) is 10.2 Å². The standard InChI is InChI=1S/C36H35N11O/c1-45-23-29(21-41-45)26-10-15-33(38-19-26)47(36(48)40-18-24-6-4-3-5-7-24)31-13-11-30(12-14-31)42-35-39-20-28(17-37)34(43-35)25-8-9-27-22-46(2)44-32(27)16-25/h3-10,15-16,19-23,30-31H,11-14,18H2,1-2H3,(H,40,48)(H,39,42,43). The van der Waals surface area contributed by atoms with Crippen LogP contribution in [0.5, 0.6) is 0 Å². The molecule has 0 bridgehead atoms. The first kappa shape index (κ1) is 30.6. The van der Waals surface area contributed by atoms with E-state index in [4.69, 9.17) is 9.97 Å². The van der Waals surface area contributed by atoms with Crippen molar-refractivity contribution in [2.24, 2.45) is 14.1 Å². The van der Waals surface area contributed by atoms with Crippen LogP contribution in [0, 0.1) is 11.3 Å². The molecule has 240 valence electrons. The summed E-state index contributed by atoms with van der Waals surface area (Å²) in [6, 6.07) is 21.8. The number of carbonyl (C=O) groups is 1. The number of amides is 2. The van der Waals surface area contributed by atoms with Crippen LogP contribution < -0.4 is 15.5 Å². The maximum absolute atomic E-state index is 13.8. The van der Waals surface area contributed by atoms with Gasteiger partial charge in [-0.3, -0.25) is 14.3 Å². The lowest BCUT2D eigenvalue weighted by atomic mass is 9.90. The first-order chi connectivity index (χ1) is 23.4. The number of nitrogens with one attached hydrogen (secondary N) is 2. The molecule has 0 spiro atoms. The SMILES string of the molecule is Cn1cc(-c2ccc(N(C(=O)NCc3ccccc3)C3CCC(Nc4ncc(C#N)c(-c5ccc6cn(C)nc6c5)n4)CC3)nc2)cn1. The van der Waals surface area contributed by atoms with E-state index in [0.29, 0.717) is 29.6 Å². The normalized spacial score (nSPS) is 15.9. The van der Waals surface area contributed by atoms with Gasteiger partial charge in [-0.2, -0.15) is 15.5 Å². The van der Waals surface area contributed by atoms with E-state index in [1.807, 2.05) is 87.2 Å². The number of aryl methyl sites for hydroxylation is 2. The maximum Gasteiger partial charge on any atom is 0.323 e. The highest BCUT2D eigenvalue weighted by Crippen LogP contribution is 2.31. The number of pyridine rings is 1. The lowest BCUT2D eigenvalue weighted by molar-refractivity contribution is 0.240. The van der Waals surface area contributed by atoms with Gasteiger partial charge in [-0.05, 0) is 49.4 Å². The minimum atomic E-state index is -0.179. The molecule has 0 saturated heterocycles. The van der Waals surface area contributed by atoms with E-state index in [1.54, 1.807) is 32.9 Å². The van der Waals surface area contributed by atoms with Crippen LogP contribution in [0.2, 0.25) is 0 Å². The number of hydrogen-bond donors (Lipinski definition) is 2. The van der Waals surface area contributed by atoms with Gasteiger partial charge in [0.15, 0.2) is 0 Å². The lowest BCUT2D eigenvalue weighted by Gasteiger charge is -2.36. The Bertz CT molecular complexity index is 2090. The Morgan fingerprint density at radius 3 is 2.46 bits per heavy atom. The van der Waals surface area contributed by atoms with E-state index in [2.05, 4.69) is 31.9 Å². The molecule has 0 aliphatic heterocycles. The summed E-state index contributed by atoms with van der Waals surface area (Å²) < 4.78 is 3.52. The van der Waals surface area contributed by atoms with Crippen LogP contribution in [0.3, 0.4) is 0 Å². The number of aromatic nitrogens is 7. The van der Waals surface area contributed by atoms with Crippen molar-refractivity contribution in [3.63, 3.8) is 0 Å². The van der Waals surface area contributed by atoms with Crippen LogP contribution in [0.1, 0.15) is 36.8 Å². The number of nitrogens with zero attached hydrogens (tertiary/aromatic N) is 9. The molecule has 1 fully saturated rings. The zero-order valence-electron chi connectivity index (χ0n) is 26.8. The second-order valence-electron chi connectivity index (χ2n) is 12.1. The largest absolute Gasteiger partial charge is 0.351 e. The Morgan fingerprint density at radius 2 is 1.73 bits per heavy atom. The van der Waals surface area contributed by atoms with Crippen molar-refractivity contribution in [3.05, 3.63) is 103 Å². The molecule has 0 atom stereocenters. The summed E-state index contributed by atoms with van der Waals surface area (Å²) in [5.74, 6) is 1.08. The molecule has 7 rings (SSSR count). The van der Waals surface area contributed by atoms with Gasteiger partial charge in [0.05, 0.1) is 29.2 Å². The highest BCUT2D eigenvalue weighted by molar-refractivity contribution is 5.92. The second kappa shape index (κ2) is 13.3. The Morgan fingerprint density at radius 1 is 0.917 bits per heavy atom. The molecule has 4 heterocycles. The Balaban J connectivity index is 1.07. The van der Waals surface area contributed by atoms with Gasteiger partial charge in [0.25, 0.3) is 0 Å². The fourth-order valence-electron chi connectivity index (χ4n) is 6.29. The molecule has 1 aliphatic carbocycles. The maximum atomic E-state index is 13.8. The van der Waals surface area contributed by atoms with E-state index in [9.17, 15) is 10.1 Å². The second-order valence-corrected chi connectivity index (χ2v) is 12.1. The third-order valence-electron chi connectivity index (χ3n) is 8.74. The summed E-state index contributed by atoms with van der Waals surface area (Å²) in [4.78, 5) is 29.5. The van der Waals surface area contributed by atoms with Gasteiger partial charge in [0, 0.05) is 73.4 Å². The number of rotatable bonds is 8. The van der Waals surface area contributed by atoms with Crippen LogP contribution in [0.4, 0.5) is 16.6 Å². The number of carbonyl (C=O) groups excluding carboxylic acids is 1. The molecule has 12 nitrogen and oxygen atoms in total. The van der Waals surface area contributed by atoms with Crippen LogP contribution in [-0.4, -0.2) is 52.6 Å². The van der Waals surface area contributed by atoms with Crippen molar-refractivity contribution >= 4 is 28.7 Å². The van der Waals surface area contributed by atoms with Crippen LogP contribution in [0.25, 0.3) is 33.3 Å².